The van der Waals surface area contributed by atoms with Crippen LogP contribution in [0.15, 0.2) is 78.9 Å². The topological polar surface area (TPSA) is 35.0 Å². The average molecular weight is 839 g/mol. The van der Waals surface area contributed by atoms with Crippen molar-refractivity contribution in [1.29, 1.82) is 0 Å². The lowest BCUT2D eigenvalue weighted by atomic mass is 9.70. The van der Waals surface area contributed by atoms with E-state index in [0.29, 0.717) is 12.2 Å². The van der Waals surface area contributed by atoms with Gasteiger partial charge in [-0.15, -0.1) is 17.3 Å². The molecule has 0 N–H and O–H groups in total. The molecule has 0 saturated heterocycles. The maximum absolute atomic E-state index is 15.5. The number of nitrogens with zero attached hydrogens (tertiary/aromatic N) is 2. The first kappa shape index (κ1) is 43.8. The summed E-state index contributed by atoms with van der Waals surface area (Å²) in [6.45, 7) is 9.05. The van der Waals surface area contributed by atoms with Crippen LogP contribution in [0.2, 0.25) is 0 Å². The lowest BCUT2D eigenvalue weighted by molar-refractivity contribution is 0.369. The Bertz CT molecular complexity index is 2380. The summed E-state index contributed by atoms with van der Waals surface area (Å²) in [6, 6.07) is 28.3. The fourth-order valence-corrected chi connectivity index (χ4v) is 11.1. The highest BCUT2D eigenvalue weighted by molar-refractivity contribution is 7.19. The van der Waals surface area contributed by atoms with Crippen LogP contribution in [0.5, 0.6) is 5.75 Å². The van der Waals surface area contributed by atoms with Gasteiger partial charge < -0.3 is 4.74 Å². The highest BCUT2D eigenvalue weighted by Crippen LogP contribution is 2.56. The maximum atomic E-state index is 15.5. The van der Waals surface area contributed by atoms with Crippen molar-refractivity contribution in [3.63, 3.8) is 0 Å². The van der Waals surface area contributed by atoms with Crippen molar-refractivity contribution in [1.82, 2.24) is 8.75 Å². The SMILES string of the molecule is CC#CCOc1ccc2c(c1)-c1ccc(-c3ccc(-c4ccc(-c5ccc(CCCCC)cc5F)s4)c4nsnc34)cc1C2(CCCCCCCC)CCCCCCCC. The van der Waals surface area contributed by atoms with Crippen LogP contribution in [0, 0.1) is 17.7 Å². The van der Waals surface area contributed by atoms with Gasteiger partial charge in [0.25, 0.3) is 0 Å². The van der Waals surface area contributed by atoms with E-state index in [-0.39, 0.29) is 11.2 Å². The third-order valence-electron chi connectivity index (χ3n) is 12.7. The van der Waals surface area contributed by atoms with Crippen LogP contribution in [0.1, 0.15) is 154 Å². The van der Waals surface area contributed by atoms with Gasteiger partial charge in [0.1, 0.15) is 29.2 Å². The molecule has 0 atom stereocenters. The van der Waals surface area contributed by atoms with E-state index < -0.39 is 0 Å². The molecule has 4 aromatic carbocycles. The second-order valence-electron chi connectivity index (χ2n) is 16.9. The number of fused-ring (bicyclic) bond motifs is 4. The largest absolute Gasteiger partial charge is 0.481 e. The van der Waals surface area contributed by atoms with E-state index in [0.717, 1.165) is 75.3 Å². The third kappa shape index (κ3) is 9.90. The molecule has 2 heterocycles. The Balaban J connectivity index is 1.24. The molecular formula is C54H63FN2OS2. The fourth-order valence-electron chi connectivity index (χ4n) is 9.43. The minimum Gasteiger partial charge on any atom is -0.481 e. The molecule has 2 aromatic heterocycles. The lowest BCUT2D eigenvalue weighted by Crippen LogP contribution is -2.25. The van der Waals surface area contributed by atoms with Gasteiger partial charge in [-0.25, -0.2) is 4.39 Å². The standard InChI is InChI=1S/C54H63FN2OS2/c1-5-9-13-15-17-20-33-54(34-21-18-16-14-10-6-2)47-30-25-41(58-35-12-8-4)38-46(47)43-27-24-40(37-48(43)54)42-28-29-45(53-52(42)56-60-57-53)51-32-31-50(59-51)44-26-23-39(36-49(44)55)22-19-11-7-3/h23-32,36-38H,5-7,9-11,13-22,33-35H2,1-4H3. The Morgan fingerprint density at radius 2 is 1.20 bits per heavy atom. The summed E-state index contributed by atoms with van der Waals surface area (Å²) in [5.41, 5.74) is 12.4. The molecule has 1 aliphatic carbocycles. The molecule has 6 aromatic rings. The highest BCUT2D eigenvalue weighted by Gasteiger charge is 2.42. The van der Waals surface area contributed by atoms with Crippen molar-refractivity contribution in [3.05, 3.63) is 101 Å². The van der Waals surface area contributed by atoms with Crippen LogP contribution in [0.25, 0.3) is 54.2 Å². The molecule has 0 radical (unpaired) electrons. The van der Waals surface area contributed by atoms with Crippen molar-refractivity contribution >= 4 is 34.1 Å². The van der Waals surface area contributed by atoms with E-state index in [1.54, 1.807) is 17.4 Å². The molecule has 0 amide bonds. The van der Waals surface area contributed by atoms with Gasteiger partial charge in [-0.2, -0.15) is 8.75 Å². The Morgan fingerprint density at radius 1 is 0.583 bits per heavy atom. The number of aromatic nitrogens is 2. The summed E-state index contributed by atoms with van der Waals surface area (Å²) in [5.74, 6) is 6.77. The van der Waals surface area contributed by atoms with E-state index >= 15 is 4.39 Å². The van der Waals surface area contributed by atoms with Gasteiger partial charge in [0.2, 0.25) is 0 Å². The second kappa shape index (κ2) is 21.5. The van der Waals surface area contributed by atoms with Crippen LogP contribution in [-0.4, -0.2) is 15.4 Å². The summed E-state index contributed by atoms with van der Waals surface area (Å²) < 4.78 is 31.4. The molecule has 0 saturated carbocycles. The van der Waals surface area contributed by atoms with Crippen molar-refractivity contribution in [3.8, 4) is 60.7 Å². The Kier molecular flexibility index (Phi) is 15.7. The number of unbranched alkanes of at least 4 members (excludes halogenated alkanes) is 12. The normalized spacial score (nSPS) is 12.7. The first-order chi connectivity index (χ1) is 29.5. The molecule has 0 bridgehead atoms. The van der Waals surface area contributed by atoms with Crippen LogP contribution in [0.3, 0.4) is 0 Å². The van der Waals surface area contributed by atoms with Crippen LogP contribution in [-0.2, 0) is 11.8 Å². The predicted octanol–water partition coefficient (Wildman–Crippen LogP) is 16.8. The molecule has 0 aliphatic heterocycles. The fraction of sp³-hybridized carbons (Fsp3) is 0.444. The zero-order valence-electron chi connectivity index (χ0n) is 36.4. The first-order valence-corrected chi connectivity index (χ1v) is 24.5. The van der Waals surface area contributed by atoms with Gasteiger partial charge in [0.05, 0.1) is 11.7 Å². The maximum Gasteiger partial charge on any atom is 0.149 e. The summed E-state index contributed by atoms with van der Waals surface area (Å²) in [4.78, 5) is 2.00. The molecule has 6 heteroatoms. The number of hydrogen-bond acceptors (Lipinski definition) is 5. The van der Waals surface area contributed by atoms with Crippen LogP contribution in [0.4, 0.5) is 4.39 Å². The van der Waals surface area contributed by atoms with E-state index in [1.807, 2.05) is 19.1 Å². The monoisotopic (exact) mass is 838 g/mol. The molecule has 3 nitrogen and oxygen atoms in total. The van der Waals surface area contributed by atoms with E-state index in [9.17, 15) is 0 Å². The average Bonchev–Trinajstić information content (AvgIpc) is 4.02. The van der Waals surface area contributed by atoms with E-state index in [4.69, 9.17) is 13.5 Å². The smallest absolute Gasteiger partial charge is 0.149 e. The molecule has 0 fully saturated rings. The predicted molar refractivity (Wildman–Crippen MR) is 256 cm³/mol. The number of halogens is 1. The molecule has 314 valence electrons. The molecule has 0 unspecified atom stereocenters. The third-order valence-corrected chi connectivity index (χ3v) is 14.4. The number of rotatable bonds is 23. The Morgan fingerprint density at radius 3 is 1.90 bits per heavy atom. The van der Waals surface area contributed by atoms with Crippen LogP contribution >= 0.6 is 23.1 Å². The lowest BCUT2D eigenvalue weighted by Gasteiger charge is -2.33. The molecular weight excluding hydrogens is 776 g/mol. The number of ether oxygens (including phenoxy) is 1. The van der Waals surface area contributed by atoms with Gasteiger partial charge in [-0.3, -0.25) is 0 Å². The Hall–Kier alpha value is -4.31. The first-order valence-electron chi connectivity index (χ1n) is 23.0. The van der Waals surface area contributed by atoms with Gasteiger partial charge in [0.15, 0.2) is 0 Å². The number of aryl methyl sites for hydroxylation is 1. The number of benzene rings is 4. The van der Waals surface area contributed by atoms with E-state index in [1.165, 1.54) is 123 Å². The molecule has 0 spiro atoms. The molecule has 7 rings (SSSR count). The summed E-state index contributed by atoms with van der Waals surface area (Å²) in [5, 5.41) is 0. The molecule has 60 heavy (non-hydrogen) atoms. The van der Waals surface area contributed by atoms with Crippen molar-refractivity contribution in [2.45, 2.75) is 149 Å². The molecule has 1 aliphatic rings. The Labute approximate surface area is 367 Å². The van der Waals surface area contributed by atoms with Gasteiger partial charge in [-0.05, 0) is 102 Å². The zero-order valence-corrected chi connectivity index (χ0v) is 38.1. The zero-order chi connectivity index (χ0) is 41.7. The quantitative estimate of drug-likeness (QED) is 0.0476. The van der Waals surface area contributed by atoms with Gasteiger partial charge >= 0.3 is 0 Å². The van der Waals surface area contributed by atoms with Crippen molar-refractivity contribution in [2.75, 3.05) is 6.61 Å². The number of thiophene rings is 1. The van der Waals surface area contributed by atoms with Gasteiger partial charge in [0, 0.05) is 31.9 Å². The van der Waals surface area contributed by atoms with Gasteiger partial charge in [-0.1, -0.05) is 159 Å². The summed E-state index contributed by atoms with van der Waals surface area (Å²) in [6.07, 6.45) is 22.1. The minimum atomic E-state index is -0.148. The summed E-state index contributed by atoms with van der Waals surface area (Å²) >= 11 is 2.89. The second-order valence-corrected chi connectivity index (χ2v) is 18.5. The van der Waals surface area contributed by atoms with Crippen molar-refractivity contribution < 1.29 is 9.13 Å². The van der Waals surface area contributed by atoms with Crippen molar-refractivity contribution in [2.24, 2.45) is 0 Å². The number of hydrogen-bond donors (Lipinski definition) is 0. The van der Waals surface area contributed by atoms with E-state index in [2.05, 4.69) is 93.3 Å². The minimum absolute atomic E-state index is 0.0618. The summed E-state index contributed by atoms with van der Waals surface area (Å²) in [7, 11) is 0. The van der Waals surface area contributed by atoms with Crippen LogP contribution < -0.4 is 4.74 Å². The highest BCUT2D eigenvalue weighted by atomic mass is 32.1.